The molecule has 0 bridgehead atoms. The zero-order valence-corrected chi connectivity index (χ0v) is 18.1. The van der Waals surface area contributed by atoms with Gasteiger partial charge in [0, 0.05) is 12.3 Å². The first-order valence-corrected chi connectivity index (χ1v) is 10.1. The number of carbonyl (C=O) groups excluding carboxylic acids is 2. The first-order chi connectivity index (χ1) is 13.3. The smallest absolute Gasteiger partial charge is 0.341 e. The van der Waals surface area contributed by atoms with Crippen LogP contribution in [0.15, 0.2) is 18.2 Å². The molecule has 0 saturated carbocycles. The second-order valence-electron chi connectivity index (χ2n) is 7.54. The zero-order chi connectivity index (χ0) is 21.2. The summed E-state index contributed by atoms with van der Waals surface area (Å²) in [5.74, 6) is 0.0290. The lowest BCUT2D eigenvalue weighted by Gasteiger charge is -2.28. The van der Waals surface area contributed by atoms with Gasteiger partial charge >= 0.3 is 5.97 Å². The summed E-state index contributed by atoms with van der Waals surface area (Å²) in [5, 5.41) is 2.88. The second kappa shape index (κ2) is 11.7. The largest absolute Gasteiger partial charge is 0.492 e. The normalized spacial score (nSPS) is 13.1. The molecule has 28 heavy (non-hydrogen) atoms. The molecule has 1 N–H and O–H groups in total. The molecular weight excluding hydrogens is 358 g/mol. The van der Waals surface area contributed by atoms with Crippen molar-refractivity contribution >= 4 is 17.6 Å². The summed E-state index contributed by atoms with van der Waals surface area (Å²) < 4.78 is 16.5. The maximum Gasteiger partial charge on any atom is 0.341 e. The molecule has 1 aromatic rings. The predicted molar refractivity (Wildman–Crippen MR) is 111 cm³/mol. The van der Waals surface area contributed by atoms with Crippen molar-refractivity contribution < 1.29 is 23.8 Å². The fraction of sp³-hybridized carbons (Fsp3) is 0.636. The number of methoxy groups -OCH3 is 1. The van der Waals surface area contributed by atoms with E-state index in [0.29, 0.717) is 37.0 Å². The van der Waals surface area contributed by atoms with E-state index >= 15 is 0 Å². The van der Waals surface area contributed by atoms with E-state index in [-0.39, 0.29) is 11.5 Å². The third-order valence-electron chi connectivity index (χ3n) is 4.33. The number of unbranched alkanes of at least 4 members (excludes halogenated alkanes) is 1. The van der Waals surface area contributed by atoms with Crippen LogP contribution >= 0.6 is 0 Å². The Balaban J connectivity index is 3.04. The number of nitrogens with one attached hydrogen (secondary N) is 1. The third-order valence-corrected chi connectivity index (χ3v) is 4.33. The number of benzene rings is 1. The van der Waals surface area contributed by atoms with Crippen LogP contribution in [-0.2, 0) is 14.3 Å². The Kier molecular flexibility index (Phi) is 10.0. The monoisotopic (exact) mass is 393 g/mol. The van der Waals surface area contributed by atoms with E-state index in [1.807, 2.05) is 27.7 Å². The van der Waals surface area contributed by atoms with Gasteiger partial charge in [-0.3, -0.25) is 4.79 Å². The minimum atomic E-state index is -0.912. The summed E-state index contributed by atoms with van der Waals surface area (Å²) in [6.07, 6.45) is 3.34. The lowest BCUT2D eigenvalue weighted by atomic mass is 9.97. The molecule has 0 fully saturated rings. The number of carbonyl (C=O) groups is 2. The Labute approximate surface area is 168 Å². The van der Waals surface area contributed by atoms with Gasteiger partial charge < -0.3 is 19.5 Å². The van der Waals surface area contributed by atoms with Gasteiger partial charge in [-0.25, -0.2) is 4.79 Å². The van der Waals surface area contributed by atoms with Gasteiger partial charge in [-0.1, -0.05) is 40.5 Å². The van der Waals surface area contributed by atoms with Crippen molar-refractivity contribution in [2.45, 2.75) is 65.9 Å². The lowest BCUT2D eigenvalue weighted by Crippen LogP contribution is -2.43. The Morgan fingerprint density at radius 2 is 1.89 bits per heavy atom. The number of hydrogen-bond acceptors (Lipinski definition) is 5. The van der Waals surface area contributed by atoms with Crippen LogP contribution in [0.5, 0.6) is 5.75 Å². The Hall–Kier alpha value is -2.08. The molecule has 0 radical (unpaired) electrons. The molecule has 6 nitrogen and oxygen atoms in total. The summed E-state index contributed by atoms with van der Waals surface area (Å²) in [6, 6.07) is 4.99. The average Bonchev–Trinajstić information content (AvgIpc) is 2.68. The summed E-state index contributed by atoms with van der Waals surface area (Å²) >= 11 is 0. The van der Waals surface area contributed by atoms with Crippen LogP contribution < -0.4 is 10.1 Å². The number of anilines is 1. The SMILES string of the molecule is CCCCC(C)(OCCC)C(=O)Nc1ccc(OCC(C)C)c(C(=O)OC)c1. The highest BCUT2D eigenvalue weighted by Gasteiger charge is 2.33. The fourth-order valence-electron chi connectivity index (χ4n) is 2.62. The Bertz CT molecular complexity index is 634. The number of hydrogen-bond donors (Lipinski definition) is 1. The summed E-state index contributed by atoms with van der Waals surface area (Å²) in [7, 11) is 1.32. The average molecular weight is 394 g/mol. The second-order valence-corrected chi connectivity index (χ2v) is 7.54. The van der Waals surface area contributed by atoms with E-state index < -0.39 is 11.6 Å². The van der Waals surface area contributed by atoms with E-state index in [1.165, 1.54) is 7.11 Å². The maximum absolute atomic E-state index is 12.9. The molecule has 6 heteroatoms. The van der Waals surface area contributed by atoms with Crippen LogP contribution in [0.1, 0.15) is 70.7 Å². The van der Waals surface area contributed by atoms with Crippen molar-refractivity contribution in [1.29, 1.82) is 0 Å². The van der Waals surface area contributed by atoms with Gasteiger partial charge in [0.2, 0.25) is 0 Å². The molecule has 1 amide bonds. The van der Waals surface area contributed by atoms with E-state index in [9.17, 15) is 9.59 Å². The molecule has 0 aliphatic heterocycles. The van der Waals surface area contributed by atoms with Crippen molar-refractivity contribution in [2.24, 2.45) is 5.92 Å². The van der Waals surface area contributed by atoms with Crippen molar-refractivity contribution in [3.05, 3.63) is 23.8 Å². The molecule has 1 rings (SSSR count). The van der Waals surface area contributed by atoms with Crippen molar-refractivity contribution in [3.8, 4) is 5.75 Å². The number of ether oxygens (including phenoxy) is 3. The van der Waals surface area contributed by atoms with E-state index in [4.69, 9.17) is 14.2 Å². The van der Waals surface area contributed by atoms with Crippen molar-refractivity contribution in [3.63, 3.8) is 0 Å². The summed E-state index contributed by atoms with van der Waals surface area (Å²) in [4.78, 5) is 25.1. The van der Waals surface area contributed by atoms with Crippen molar-refractivity contribution in [2.75, 3.05) is 25.6 Å². The minimum absolute atomic E-state index is 0.221. The first kappa shape index (κ1) is 24.0. The van der Waals surface area contributed by atoms with Gasteiger partial charge in [-0.2, -0.15) is 0 Å². The van der Waals surface area contributed by atoms with Gasteiger partial charge in [0.25, 0.3) is 5.91 Å². The van der Waals surface area contributed by atoms with Crippen LogP contribution in [-0.4, -0.2) is 37.8 Å². The van der Waals surface area contributed by atoms with E-state index in [0.717, 1.165) is 19.3 Å². The van der Waals surface area contributed by atoms with Crippen LogP contribution in [0, 0.1) is 5.92 Å². The minimum Gasteiger partial charge on any atom is -0.492 e. The van der Waals surface area contributed by atoms with Crippen LogP contribution in [0.3, 0.4) is 0 Å². The first-order valence-electron chi connectivity index (χ1n) is 10.1. The molecule has 0 aromatic heterocycles. The van der Waals surface area contributed by atoms with E-state index in [1.54, 1.807) is 18.2 Å². The van der Waals surface area contributed by atoms with Gasteiger partial charge in [-0.05, 0) is 43.9 Å². The van der Waals surface area contributed by atoms with E-state index in [2.05, 4.69) is 12.2 Å². The lowest BCUT2D eigenvalue weighted by molar-refractivity contribution is -0.140. The third kappa shape index (κ3) is 7.15. The van der Waals surface area contributed by atoms with Crippen LogP contribution in [0.2, 0.25) is 0 Å². The van der Waals surface area contributed by atoms with Gasteiger partial charge in [-0.15, -0.1) is 0 Å². The van der Waals surface area contributed by atoms with Crippen molar-refractivity contribution in [1.82, 2.24) is 0 Å². The molecule has 158 valence electrons. The number of esters is 1. The van der Waals surface area contributed by atoms with Crippen LogP contribution in [0.4, 0.5) is 5.69 Å². The molecule has 1 aromatic carbocycles. The molecule has 0 spiro atoms. The highest BCUT2D eigenvalue weighted by Crippen LogP contribution is 2.27. The summed E-state index contributed by atoms with van der Waals surface area (Å²) in [6.45, 7) is 11.0. The highest BCUT2D eigenvalue weighted by atomic mass is 16.5. The van der Waals surface area contributed by atoms with Gasteiger partial charge in [0.1, 0.15) is 16.9 Å². The molecule has 0 heterocycles. The Morgan fingerprint density at radius 3 is 2.46 bits per heavy atom. The summed E-state index contributed by atoms with van der Waals surface area (Å²) in [5.41, 5.74) is -0.125. The number of amides is 1. The zero-order valence-electron chi connectivity index (χ0n) is 18.1. The molecule has 0 aliphatic carbocycles. The molecule has 1 unspecified atom stereocenters. The quantitative estimate of drug-likeness (QED) is 0.515. The molecule has 0 saturated heterocycles. The van der Waals surface area contributed by atoms with Crippen LogP contribution in [0.25, 0.3) is 0 Å². The maximum atomic E-state index is 12.9. The molecule has 0 aliphatic rings. The van der Waals surface area contributed by atoms with Gasteiger partial charge in [0.05, 0.1) is 13.7 Å². The number of rotatable bonds is 12. The predicted octanol–water partition coefficient (Wildman–Crippen LogP) is 4.82. The fourth-order valence-corrected chi connectivity index (χ4v) is 2.62. The standard InChI is InChI=1S/C22H35NO5/c1-7-9-12-22(5,28-13-8-2)21(25)23-17-10-11-19(27-15-16(3)4)18(14-17)20(24)26-6/h10-11,14,16H,7-9,12-13,15H2,1-6H3,(H,23,25). The topological polar surface area (TPSA) is 73.9 Å². The Morgan fingerprint density at radius 1 is 1.18 bits per heavy atom. The molecular formula is C22H35NO5. The highest BCUT2D eigenvalue weighted by molar-refractivity contribution is 5.99. The van der Waals surface area contributed by atoms with Gasteiger partial charge in [0.15, 0.2) is 0 Å². The molecule has 1 atom stereocenters.